The molecule has 0 atom stereocenters. The fraction of sp³-hybridized carbons (Fsp3) is 0.174. The number of carbonyl (C=O) groups is 1. The summed E-state index contributed by atoms with van der Waals surface area (Å²) in [5.74, 6) is 0.553. The van der Waals surface area contributed by atoms with Crippen LogP contribution >= 0.6 is 0 Å². The van der Waals surface area contributed by atoms with Crippen LogP contribution in [0, 0.1) is 11.3 Å². The fourth-order valence-corrected chi connectivity index (χ4v) is 3.24. The summed E-state index contributed by atoms with van der Waals surface area (Å²) in [6.07, 6.45) is 4.08. The number of nitrogens with zero attached hydrogens (tertiary/aromatic N) is 3. The van der Waals surface area contributed by atoms with E-state index in [0.29, 0.717) is 42.5 Å². The summed E-state index contributed by atoms with van der Waals surface area (Å²) in [5.41, 5.74) is 8.31. The molecule has 1 aliphatic heterocycles. The number of ether oxygens (including phenoxy) is 2. The average Bonchev–Trinajstić information content (AvgIpc) is 2.99. The van der Waals surface area contributed by atoms with Gasteiger partial charge in [0.1, 0.15) is 11.6 Å². The van der Waals surface area contributed by atoms with E-state index in [9.17, 15) is 10.1 Å². The van der Waals surface area contributed by atoms with Gasteiger partial charge in [0, 0.05) is 23.7 Å². The molecule has 0 saturated carbocycles. The molecule has 1 aliphatic rings. The molecule has 0 bridgehead atoms. The minimum absolute atomic E-state index is 0.134. The van der Waals surface area contributed by atoms with E-state index in [1.54, 1.807) is 10.9 Å². The minimum atomic E-state index is -0.780. The number of nitrogens with two attached hydrogens (primary N) is 1. The molecule has 150 valence electrons. The van der Waals surface area contributed by atoms with Gasteiger partial charge in [0.15, 0.2) is 11.5 Å². The molecule has 0 fully saturated rings. The van der Waals surface area contributed by atoms with Gasteiger partial charge in [-0.25, -0.2) is 0 Å². The molecule has 0 spiro atoms. The van der Waals surface area contributed by atoms with Crippen molar-refractivity contribution in [1.82, 2.24) is 9.78 Å². The van der Waals surface area contributed by atoms with Gasteiger partial charge in [-0.3, -0.25) is 9.48 Å². The van der Waals surface area contributed by atoms with Crippen LogP contribution in [0.4, 0.5) is 0 Å². The summed E-state index contributed by atoms with van der Waals surface area (Å²) >= 11 is 0. The summed E-state index contributed by atoms with van der Waals surface area (Å²) in [7, 11) is 0. The van der Waals surface area contributed by atoms with E-state index in [0.717, 1.165) is 17.5 Å². The quantitative estimate of drug-likeness (QED) is 0.523. The number of aromatic nitrogens is 2. The van der Waals surface area contributed by atoms with Crippen molar-refractivity contribution >= 4 is 12.0 Å². The first-order chi connectivity index (χ1) is 14.6. The van der Waals surface area contributed by atoms with E-state index in [1.165, 1.54) is 6.08 Å². The van der Waals surface area contributed by atoms with Crippen LogP contribution in [0.3, 0.4) is 0 Å². The van der Waals surface area contributed by atoms with Crippen molar-refractivity contribution in [3.8, 4) is 28.8 Å². The van der Waals surface area contributed by atoms with Gasteiger partial charge in [-0.15, -0.1) is 0 Å². The first kappa shape index (κ1) is 19.3. The highest BCUT2D eigenvalue weighted by atomic mass is 16.5. The summed E-state index contributed by atoms with van der Waals surface area (Å²) in [4.78, 5) is 11.6. The molecule has 7 heteroatoms. The number of hydrogen-bond donors (Lipinski definition) is 1. The summed E-state index contributed by atoms with van der Waals surface area (Å²) in [6.45, 7) is 1.73. The Kier molecular flexibility index (Phi) is 5.48. The van der Waals surface area contributed by atoms with Crippen molar-refractivity contribution in [2.45, 2.75) is 13.0 Å². The molecular formula is C23H20N4O3. The Morgan fingerprint density at radius 1 is 1.17 bits per heavy atom. The van der Waals surface area contributed by atoms with Gasteiger partial charge in [-0.1, -0.05) is 30.3 Å². The van der Waals surface area contributed by atoms with Crippen LogP contribution in [0.1, 0.15) is 17.5 Å². The third kappa shape index (κ3) is 4.18. The van der Waals surface area contributed by atoms with Crippen LogP contribution < -0.4 is 15.2 Å². The molecule has 0 unspecified atom stereocenters. The Bertz CT molecular complexity index is 1140. The van der Waals surface area contributed by atoms with Gasteiger partial charge in [0.2, 0.25) is 0 Å². The summed E-state index contributed by atoms with van der Waals surface area (Å²) in [5, 5.41) is 14.0. The number of hydrogen-bond acceptors (Lipinski definition) is 5. The maximum Gasteiger partial charge on any atom is 0.259 e. The first-order valence-corrected chi connectivity index (χ1v) is 9.57. The smallest absolute Gasteiger partial charge is 0.259 e. The molecule has 7 nitrogen and oxygen atoms in total. The number of nitriles is 1. The van der Waals surface area contributed by atoms with Crippen molar-refractivity contribution in [2.75, 3.05) is 13.2 Å². The van der Waals surface area contributed by atoms with Crippen molar-refractivity contribution in [3.05, 3.63) is 71.4 Å². The van der Waals surface area contributed by atoms with Crippen molar-refractivity contribution < 1.29 is 14.3 Å². The van der Waals surface area contributed by atoms with Crippen LogP contribution in [0.2, 0.25) is 0 Å². The van der Waals surface area contributed by atoms with E-state index in [-0.39, 0.29) is 5.57 Å². The molecule has 2 heterocycles. The normalized spacial score (nSPS) is 13.4. The maximum absolute atomic E-state index is 11.6. The second kappa shape index (κ2) is 8.53. The molecule has 1 amide bonds. The van der Waals surface area contributed by atoms with E-state index in [2.05, 4.69) is 0 Å². The number of carbonyl (C=O) groups excluding carboxylic acids is 1. The third-order valence-corrected chi connectivity index (χ3v) is 4.68. The van der Waals surface area contributed by atoms with Crippen molar-refractivity contribution in [1.29, 1.82) is 5.26 Å². The molecule has 0 aliphatic carbocycles. The molecule has 0 saturated heterocycles. The Labute approximate surface area is 173 Å². The third-order valence-electron chi connectivity index (χ3n) is 4.68. The van der Waals surface area contributed by atoms with E-state index < -0.39 is 5.91 Å². The average molecular weight is 400 g/mol. The predicted molar refractivity (Wildman–Crippen MR) is 112 cm³/mol. The summed E-state index contributed by atoms with van der Waals surface area (Å²) in [6, 6.07) is 17.3. The lowest BCUT2D eigenvalue weighted by Gasteiger charge is -2.09. The SMILES string of the molecule is N#C/C(=C\c1cn(Cc2ccccc2)nc1-c1ccc2c(c1)OCCCO2)C(N)=O. The van der Waals surface area contributed by atoms with Crippen LogP contribution in [0.15, 0.2) is 60.3 Å². The number of primary amides is 1. The zero-order chi connectivity index (χ0) is 20.9. The number of amides is 1. The lowest BCUT2D eigenvalue weighted by atomic mass is 10.1. The highest BCUT2D eigenvalue weighted by Gasteiger charge is 2.17. The van der Waals surface area contributed by atoms with Gasteiger partial charge < -0.3 is 15.2 Å². The first-order valence-electron chi connectivity index (χ1n) is 9.57. The Morgan fingerprint density at radius 2 is 1.93 bits per heavy atom. The molecule has 2 aromatic carbocycles. The Balaban J connectivity index is 1.78. The second-order valence-corrected chi connectivity index (χ2v) is 6.86. The fourth-order valence-electron chi connectivity index (χ4n) is 3.24. The van der Waals surface area contributed by atoms with E-state index in [1.807, 2.05) is 54.6 Å². The largest absolute Gasteiger partial charge is 0.490 e. The van der Waals surface area contributed by atoms with Gasteiger partial charge >= 0.3 is 0 Å². The number of benzene rings is 2. The molecule has 30 heavy (non-hydrogen) atoms. The second-order valence-electron chi connectivity index (χ2n) is 6.86. The van der Waals surface area contributed by atoms with Gasteiger partial charge in [-0.05, 0) is 29.8 Å². The number of fused-ring (bicyclic) bond motifs is 1. The molecule has 2 N–H and O–H groups in total. The predicted octanol–water partition coefficient (Wildman–Crippen LogP) is 3.15. The lowest BCUT2D eigenvalue weighted by molar-refractivity contribution is -0.114. The minimum Gasteiger partial charge on any atom is -0.490 e. The highest BCUT2D eigenvalue weighted by molar-refractivity contribution is 6.01. The highest BCUT2D eigenvalue weighted by Crippen LogP contribution is 2.35. The monoisotopic (exact) mass is 400 g/mol. The standard InChI is InChI=1S/C23H20N4O3/c24-13-18(23(25)28)11-19-15-27(14-16-5-2-1-3-6-16)26-22(19)17-7-8-20-21(12-17)30-10-4-9-29-20/h1-3,5-8,11-12,15H,4,9-10,14H2,(H2,25,28)/b18-11+. The van der Waals surface area contributed by atoms with Crippen LogP contribution in [-0.4, -0.2) is 28.9 Å². The van der Waals surface area contributed by atoms with E-state index in [4.69, 9.17) is 20.3 Å². The van der Waals surface area contributed by atoms with Crippen LogP contribution in [-0.2, 0) is 11.3 Å². The molecule has 0 radical (unpaired) electrons. The van der Waals surface area contributed by atoms with Crippen molar-refractivity contribution in [2.24, 2.45) is 5.73 Å². The summed E-state index contributed by atoms with van der Waals surface area (Å²) < 4.78 is 13.3. The van der Waals surface area contributed by atoms with Crippen LogP contribution in [0.5, 0.6) is 11.5 Å². The van der Waals surface area contributed by atoms with Gasteiger partial charge in [0.05, 0.1) is 25.5 Å². The molecule has 4 rings (SSSR count). The Hall–Kier alpha value is -4.05. The van der Waals surface area contributed by atoms with Crippen LogP contribution in [0.25, 0.3) is 17.3 Å². The van der Waals surface area contributed by atoms with Gasteiger partial charge in [0.25, 0.3) is 5.91 Å². The zero-order valence-electron chi connectivity index (χ0n) is 16.2. The molecular weight excluding hydrogens is 380 g/mol. The van der Waals surface area contributed by atoms with Crippen molar-refractivity contribution in [3.63, 3.8) is 0 Å². The lowest BCUT2D eigenvalue weighted by Crippen LogP contribution is -2.12. The van der Waals surface area contributed by atoms with E-state index >= 15 is 0 Å². The number of rotatable bonds is 5. The topological polar surface area (TPSA) is 103 Å². The van der Waals surface area contributed by atoms with Gasteiger partial charge in [-0.2, -0.15) is 10.4 Å². The molecule has 3 aromatic rings. The Morgan fingerprint density at radius 3 is 2.67 bits per heavy atom. The maximum atomic E-state index is 11.6. The molecule has 1 aromatic heterocycles. The zero-order valence-corrected chi connectivity index (χ0v) is 16.2.